The van der Waals surface area contributed by atoms with Gasteiger partial charge >= 0.3 is 0 Å². The summed E-state index contributed by atoms with van der Waals surface area (Å²) in [6, 6.07) is -0.528. The molecule has 2 N–H and O–H groups in total. The Kier molecular flexibility index (Phi) is 5.12. The van der Waals surface area contributed by atoms with E-state index in [1.807, 2.05) is 6.92 Å². The minimum atomic E-state index is -0.528. The molecule has 6 nitrogen and oxygen atoms in total. The Hall–Kier alpha value is -1.59. The smallest absolute Gasteiger partial charge is 0.244 e. The zero-order valence-corrected chi connectivity index (χ0v) is 11.2. The highest BCUT2D eigenvalue weighted by Crippen LogP contribution is 2.11. The molecule has 0 aromatic rings. The number of nitrogens with zero attached hydrogens (tertiary/aromatic N) is 1. The van der Waals surface area contributed by atoms with Crippen molar-refractivity contribution in [3.8, 4) is 0 Å². The van der Waals surface area contributed by atoms with Crippen LogP contribution in [0.15, 0.2) is 0 Å². The summed E-state index contributed by atoms with van der Waals surface area (Å²) in [7, 11) is 1.70. The van der Waals surface area contributed by atoms with Crippen molar-refractivity contribution in [2.75, 3.05) is 20.1 Å². The third-order valence-electron chi connectivity index (χ3n) is 3.22. The van der Waals surface area contributed by atoms with Gasteiger partial charge in [-0.3, -0.25) is 14.4 Å². The van der Waals surface area contributed by atoms with Crippen molar-refractivity contribution in [1.29, 1.82) is 0 Å². The van der Waals surface area contributed by atoms with Crippen molar-refractivity contribution in [2.45, 2.75) is 32.7 Å². The van der Waals surface area contributed by atoms with Crippen molar-refractivity contribution < 1.29 is 14.4 Å². The quantitative estimate of drug-likeness (QED) is 0.710. The van der Waals surface area contributed by atoms with E-state index in [9.17, 15) is 14.4 Å². The monoisotopic (exact) mass is 255 g/mol. The van der Waals surface area contributed by atoms with Crippen LogP contribution in [0.5, 0.6) is 0 Å². The van der Waals surface area contributed by atoms with Gasteiger partial charge in [0, 0.05) is 26.6 Å². The van der Waals surface area contributed by atoms with Gasteiger partial charge in [-0.15, -0.1) is 0 Å². The number of hydrogen-bond acceptors (Lipinski definition) is 3. The topological polar surface area (TPSA) is 78.5 Å². The van der Waals surface area contributed by atoms with Gasteiger partial charge in [0.1, 0.15) is 6.04 Å². The van der Waals surface area contributed by atoms with Crippen LogP contribution in [0.1, 0.15) is 26.7 Å². The molecular formula is C12H21N3O3. The summed E-state index contributed by atoms with van der Waals surface area (Å²) in [6.07, 6.45) is 0.914. The van der Waals surface area contributed by atoms with Crippen molar-refractivity contribution >= 4 is 17.7 Å². The fraction of sp³-hybridized carbons (Fsp3) is 0.750. The fourth-order valence-corrected chi connectivity index (χ4v) is 1.84. The minimum Gasteiger partial charge on any atom is -0.355 e. The molecule has 102 valence electrons. The summed E-state index contributed by atoms with van der Waals surface area (Å²) in [4.78, 5) is 36.2. The number of hydrogen-bond donors (Lipinski definition) is 2. The molecule has 1 aliphatic heterocycles. The lowest BCUT2D eigenvalue weighted by molar-refractivity contribution is -0.136. The summed E-state index contributed by atoms with van der Waals surface area (Å²) in [5.74, 6) is -0.523. The highest BCUT2D eigenvalue weighted by atomic mass is 16.2. The van der Waals surface area contributed by atoms with Gasteiger partial charge in [-0.2, -0.15) is 0 Å². The molecule has 0 bridgehead atoms. The number of rotatable bonds is 4. The molecule has 1 heterocycles. The van der Waals surface area contributed by atoms with Crippen LogP contribution in [0, 0.1) is 5.92 Å². The van der Waals surface area contributed by atoms with Crippen molar-refractivity contribution in [2.24, 2.45) is 5.92 Å². The minimum absolute atomic E-state index is 0.0195. The van der Waals surface area contributed by atoms with E-state index in [0.29, 0.717) is 25.9 Å². The van der Waals surface area contributed by atoms with E-state index in [0.717, 1.165) is 0 Å². The Morgan fingerprint density at radius 2 is 2.22 bits per heavy atom. The summed E-state index contributed by atoms with van der Waals surface area (Å²) in [5, 5.41) is 5.35. The summed E-state index contributed by atoms with van der Waals surface area (Å²) in [6.45, 7) is 4.52. The summed E-state index contributed by atoms with van der Waals surface area (Å²) in [5.41, 5.74) is 0. The van der Waals surface area contributed by atoms with E-state index in [4.69, 9.17) is 0 Å². The molecule has 2 unspecified atom stereocenters. The molecule has 1 aliphatic rings. The maximum absolute atomic E-state index is 11.9. The first-order valence-corrected chi connectivity index (χ1v) is 6.27. The largest absolute Gasteiger partial charge is 0.355 e. The maximum Gasteiger partial charge on any atom is 0.244 e. The molecule has 0 spiro atoms. The SMILES string of the molecule is CCN(C)C(=O)C(C)NC(=O)C1CCC(=O)NC1. The van der Waals surface area contributed by atoms with E-state index in [2.05, 4.69) is 10.6 Å². The second-order valence-corrected chi connectivity index (χ2v) is 4.62. The molecule has 6 heteroatoms. The first kappa shape index (κ1) is 14.5. The molecule has 0 saturated carbocycles. The van der Waals surface area contributed by atoms with E-state index in [1.54, 1.807) is 18.9 Å². The van der Waals surface area contributed by atoms with E-state index in [-0.39, 0.29) is 23.6 Å². The van der Waals surface area contributed by atoms with Gasteiger partial charge in [0.2, 0.25) is 17.7 Å². The van der Waals surface area contributed by atoms with E-state index in [1.165, 1.54) is 0 Å². The molecule has 3 amide bonds. The van der Waals surface area contributed by atoms with Crippen LogP contribution in [0.25, 0.3) is 0 Å². The normalized spacial score (nSPS) is 20.8. The van der Waals surface area contributed by atoms with Crippen molar-refractivity contribution in [1.82, 2.24) is 15.5 Å². The highest BCUT2D eigenvalue weighted by molar-refractivity contribution is 5.89. The number of carbonyl (C=O) groups is 3. The van der Waals surface area contributed by atoms with Crippen LogP contribution < -0.4 is 10.6 Å². The zero-order valence-electron chi connectivity index (χ0n) is 11.2. The number of amides is 3. The third kappa shape index (κ3) is 3.72. The lowest BCUT2D eigenvalue weighted by Crippen LogP contribution is -2.50. The number of nitrogens with one attached hydrogen (secondary N) is 2. The van der Waals surface area contributed by atoms with Crippen LogP contribution >= 0.6 is 0 Å². The lowest BCUT2D eigenvalue weighted by atomic mass is 9.98. The number of piperidine rings is 1. The van der Waals surface area contributed by atoms with Gasteiger partial charge < -0.3 is 15.5 Å². The Morgan fingerprint density at radius 1 is 1.56 bits per heavy atom. The zero-order chi connectivity index (χ0) is 13.7. The van der Waals surface area contributed by atoms with Gasteiger partial charge in [-0.25, -0.2) is 0 Å². The van der Waals surface area contributed by atoms with Crippen molar-refractivity contribution in [3.05, 3.63) is 0 Å². The molecule has 1 fully saturated rings. The Morgan fingerprint density at radius 3 is 2.72 bits per heavy atom. The first-order valence-electron chi connectivity index (χ1n) is 6.27. The molecule has 18 heavy (non-hydrogen) atoms. The Balaban J connectivity index is 2.44. The number of likely N-dealkylation sites (N-methyl/N-ethyl adjacent to an activating group) is 1. The van der Waals surface area contributed by atoms with Gasteiger partial charge in [-0.05, 0) is 20.3 Å². The van der Waals surface area contributed by atoms with Crippen LogP contribution in [-0.4, -0.2) is 48.8 Å². The molecule has 0 aliphatic carbocycles. The molecular weight excluding hydrogens is 234 g/mol. The lowest BCUT2D eigenvalue weighted by Gasteiger charge is -2.25. The second-order valence-electron chi connectivity index (χ2n) is 4.62. The molecule has 0 aromatic carbocycles. The Labute approximate surface area is 107 Å². The molecule has 1 saturated heterocycles. The standard InChI is InChI=1S/C12H21N3O3/c1-4-15(3)12(18)8(2)14-11(17)9-5-6-10(16)13-7-9/h8-9H,4-7H2,1-3H3,(H,13,16)(H,14,17). The van der Waals surface area contributed by atoms with Gasteiger partial charge in [-0.1, -0.05) is 0 Å². The van der Waals surface area contributed by atoms with E-state index >= 15 is 0 Å². The van der Waals surface area contributed by atoms with E-state index < -0.39 is 6.04 Å². The second kappa shape index (κ2) is 6.37. The predicted molar refractivity (Wildman–Crippen MR) is 66.6 cm³/mol. The van der Waals surface area contributed by atoms with Crippen LogP contribution in [0.2, 0.25) is 0 Å². The highest BCUT2D eigenvalue weighted by Gasteiger charge is 2.27. The average Bonchev–Trinajstić information content (AvgIpc) is 2.37. The average molecular weight is 255 g/mol. The van der Waals surface area contributed by atoms with Crippen molar-refractivity contribution in [3.63, 3.8) is 0 Å². The Bertz CT molecular complexity index is 333. The summed E-state index contributed by atoms with van der Waals surface area (Å²) >= 11 is 0. The number of carbonyl (C=O) groups excluding carboxylic acids is 3. The van der Waals surface area contributed by atoms with Crippen LogP contribution in [-0.2, 0) is 14.4 Å². The maximum atomic E-state index is 11.9. The molecule has 0 aromatic heterocycles. The predicted octanol–water partition coefficient (Wildman–Crippen LogP) is -0.504. The molecule has 1 rings (SSSR count). The van der Waals surface area contributed by atoms with Crippen LogP contribution in [0.3, 0.4) is 0 Å². The first-order chi connectivity index (χ1) is 8.45. The van der Waals surface area contributed by atoms with Gasteiger partial charge in [0.05, 0.1) is 5.92 Å². The molecule has 2 atom stereocenters. The van der Waals surface area contributed by atoms with Gasteiger partial charge in [0.15, 0.2) is 0 Å². The fourth-order valence-electron chi connectivity index (χ4n) is 1.84. The third-order valence-corrected chi connectivity index (χ3v) is 3.22. The summed E-state index contributed by atoms with van der Waals surface area (Å²) < 4.78 is 0. The van der Waals surface area contributed by atoms with Gasteiger partial charge in [0.25, 0.3) is 0 Å². The molecule has 0 radical (unpaired) electrons. The van der Waals surface area contributed by atoms with Crippen LogP contribution in [0.4, 0.5) is 0 Å².